The Morgan fingerprint density at radius 1 is 1.21 bits per heavy atom. The van der Waals surface area contributed by atoms with Crippen molar-refractivity contribution in [3.8, 4) is 17.4 Å². The Kier molecular flexibility index (Phi) is 4.63. The molecule has 0 amide bonds. The summed E-state index contributed by atoms with van der Waals surface area (Å²) in [6.07, 6.45) is 1.72. The van der Waals surface area contributed by atoms with E-state index in [-0.39, 0.29) is 0 Å². The van der Waals surface area contributed by atoms with E-state index in [0.717, 1.165) is 11.1 Å². The van der Waals surface area contributed by atoms with E-state index in [9.17, 15) is 0 Å². The summed E-state index contributed by atoms with van der Waals surface area (Å²) in [5.41, 5.74) is 1.93. The number of para-hydroxylation sites is 2. The van der Waals surface area contributed by atoms with Gasteiger partial charge in [-0.05, 0) is 37.6 Å². The first kappa shape index (κ1) is 13.7. The van der Waals surface area contributed by atoms with Gasteiger partial charge in [-0.25, -0.2) is 4.98 Å². The van der Waals surface area contributed by atoms with Gasteiger partial charge in [-0.1, -0.05) is 12.1 Å². The van der Waals surface area contributed by atoms with Crippen LogP contribution in [0.15, 0.2) is 36.5 Å². The standard InChI is InChI=1S/C15H16ClNO2/c1-3-18-13-6-4-5-7-14(13)19-15-11(2)8-12(9-16)10-17-15/h4-8,10H,3,9H2,1-2H3. The van der Waals surface area contributed by atoms with Gasteiger partial charge >= 0.3 is 0 Å². The van der Waals surface area contributed by atoms with Crippen LogP contribution < -0.4 is 9.47 Å². The summed E-state index contributed by atoms with van der Waals surface area (Å²) < 4.78 is 11.3. The first-order chi connectivity index (χ1) is 9.24. The molecule has 0 atom stereocenters. The lowest BCUT2D eigenvalue weighted by Gasteiger charge is -2.12. The van der Waals surface area contributed by atoms with E-state index in [0.29, 0.717) is 29.9 Å². The minimum Gasteiger partial charge on any atom is -0.490 e. The van der Waals surface area contributed by atoms with Gasteiger partial charge in [0.1, 0.15) is 0 Å². The van der Waals surface area contributed by atoms with E-state index in [2.05, 4.69) is 4.98 Å². The highest BCUT2D eigenvalue weighted by atomic mass is 35.5. The maximum atomic E-state index is 5.81. The van der Waals surface area contributed by atoms with Crippen molar-refractivity contribution in [1.29, 1.82) is 0 Å². The fourth-order valence-electron chi connectivity index (χ4n) is 1.71. The van der Waals surface area contributed by atoms with Gasteiger partial charge in [-0.3, -0.25) is 0 Å². The second-order valence-corrected chi connectivity index (χ2v) is 4.35. The number of benzene rings is 1. The van der Waals surface area contributed by atoms with E-state index >= 15 is 0 Å². The second-order valence-electron chi connectivity index (χ2n) is 4.08. The number of rotatable bonds is 5. The van der Waals surface area contributed by atoms with Crippen LogP contribution in [0.25, 0.3) is 0 Å². The fraction of sp³-hybridized carbons (Fsp3) is 0.267. The predicted octanol–water partition coefficient (Wildman–Crippen LogP) is 4.32. The van der Waals surface area contributed by atoms with Crippen molar-refractivity contribution in [3.63, 3.8) is 0 Å². The molecule has 0 unspecified atom stereocenters. The van der Waals surface area contributed by atoms with Crippen LogP contribution in [-0.2, 0) is 5.88 Å². The Bertz CT molecular complexity index is 558. The van der Waals surface area contributed by atoms with Crippen LogP contribution in [-0.4, -0.2) is 11.6 Å². The zero-order chi connectivity index (χ0) is 13.7. The molecule has 0 saturated heterocycles. The van der Waals surface area contributed by atoms with Crippen molar-refractivity contribution >= 4 is 11.6 Å². The quantitative estimate of drug-likeness (QED) is 0.763. The minimum atomic E-state index is 0.448. The van der Waals surface area contributed by atoms with Crippen LogP contribution in [0.4, 0.5) is 0 Å². The largest absolute Gasteiger partial charge is 0.490 e. The third-order valence-electron chi connectivity index (χ3n) is 2.60. The zero-order valence-corrected chi connectivity index (χ0v) is 11.8. The molecule has 0 radical (unpaired) electrons. The van der Waals surface area contributed by atoms with Gasteiger partial charge in [0.25, 0.3) is 0 Å². The van der Waals surface area contributed by atoms with Crippen molar-refractivity contribution in [2.24, 2.45) is 0 Å². The lowest BCUT2D eigenvalue weighted by molar-refractivity contribution is 0.319. The summed E-state index contributed by atoms with van der Waals surface area (Å²) in [5.74, 6) is 2.40. The normalized spacial score (nSPS) is 10.3. The van der Waals surface area contributed by atoms with Crippen LogP contribution in [0.5, 0.6) is 17.4 Å². The number of nitrogens with zero attached hydrogens (tertiary/aromatic N) is 1. The smallest absolute Gasteiger partial charge is 0.222 e. The van der Waals surface area contributed by atoms with Crippen LogP contribution >= 0.6 is 11.6 Å². The number of halogens is 1. The third-order valence-corrected chi connectivity index (χ3v) is 2.91. The van der Waals surface area contributed by atoms with Crippen molar-refractivity contribution in [2.75, 3.05) is 6.61 Å². The van der Waals surface area contributed by atoms with Gasteiger partial charge in [0.05, 0.1) is 6.61 Å². The van der Waals surface area contributed by atoms with E-state index in [1.165, 1.54) is 0 Å². The minimum absolute atomic E-state index is 0.448. The van der Waals surface area contributed by atoms with Crippen molar-refractivity contribution in [3.05, 3.63) is 47.7 Å². The van der Waals surface area contributed by atoms with Gasteiger partial charge in [-0.15, -0.1) is 11.6 Å². The van der Waals surface area contributed by atoms with Gasteiger partial charge in [0, 0.05) is 17.6 Å². The highest BCUT2D eigenvalue weighted by molar-refractivity contribution is 6.17. The summed E-state index contributed by atoms with van der Waals surface area (Å²) in [6, 6.07) is 9.52. The molecule has 1 heterocycles. The van der Waals surface area contributed by atoms with E-state index in [1.807, 2.05) is 44.2 Å². The zero-order valence-electron chi connectivity index (χ0n) is 11.0. The number of pyridine rings is 1. The molecule has 0 aliphatic carbocycles. The SMILES string of the molecule is CCOc1ccccc1Oc1ncc(CCl)cc1C. The van der Waals surface area contributed by atoms with Crippen LogP contribution in [0.3, 0.4) is 0 Å². The molecule has 0 N–H and O–H groups in total. The molecule has 0 spiro atoms. The highest BCUT2D eigenvalue weighted by Crippen LogP contribution is 2.31. The molecule has 2 rings (SSSR count). The Morgan fingerprint density at radius 2 is 1.95 bits per heavy atom. The molecule has 3 nitrogen and oxygen atoms in total. The van der Waals surface area contributed by atoms with Crippen LogP contribution in [0.2, 0.25) is 0 Å². The van der Waals surface area contributed by atoms with Crippen molar-refractivity contribution in [1.82, 2.24) is 4.98 Å². The lowest BCUT2D eigenvalue weighted by Crippen LogP contribution is -1.97. The van der Waals surface area contributed by atoms with E-state index < -0.39 is 0 Å². The molecule has 1 aromatic heterocycles. The Morgan fingerprint density at radius 3 is 2.58 bits per heavy atom. The maximum absolute atomic E-state index is 5.81. The van der Waals surface area contributed by atoms with Gasteiger partial charge in [-0.2, -0.15) is 0 Å². The predicted molar refractivity (Wildman–Crippen MR) is 76.2 cm³/mol. The molecule has 0 saturated carbocycles. The monoisotopic (exact) mass is 277 g/mol. The first-order valence-corrected chi connectivity index (χ1v) is 6.69. The lowest BCUT2D eigenvalue weighted by atomic mass is 10.2. The van der Waals surface area contributed by atoms with Gasteiger partial charge in [0.15, 0.2) is 11.5 Å². The molecule has 1 aromatic carbocycles. The number of hydrogen-bond acceptors (Lipinski definition) is 3. The summed E-state index contributed by atoms with van der Waals surface area (Å²) in [5, 5.41) is 0. The molecule has 2 aromatic rings. The molecule has 0 bridgehead atoms. The topological polar surface area (TPSA) is 31.4 Å². The average molecular weight is 278 g/mol. The van der Waals surface area contributed by atoms with Gasteiger partial charge < -0.3 is 9.47 Å². The molecule has 100 valence electrons. The number of ether oxygens (including phenoxy) is 2. The molecular weight excluding hydrogens is 262 g/mol. The molecule has 0 aliphatic heterocycles. The van der Waals surface area contributed by atoms with Crippen molar-refractivity contribution in [2.45, 2.75) is 19.7 Å². The van der Waals surface area contributed by atoms with Crippen LogP contribution in [0, 0.1) is 6.92 Å². The maximum Gasteiger partial charge on any atom is 0.222 e. The second kappa shape index (κ2) is 6.43. The van der Waals surface area contributed by atoms with Crippen LogP contribution in [0.1, 0.15) is 18.1 Å². The Labute approximate surface area is 118 Å². The molecule has 4 heteroatoms. The summed E-state index contributed by atoms with van der Waals surface area (Å²) in [4.78, 5) is 4.28. The van der Waals surface area contributed by atoms with Crippen molar-refractivity contribution < 1.29 is 9.47 Å². The number of aromatic nitrogens is 1. The summed E-state index contributed by atoms with van der Waals surface area (Å²) in [7, 11) is 0. The number of alkyl halides is 1. The summed E-state index contributed by atoms with van der Waals surface area (Å²) >= 11 is 5.78. The number of aryl methyl sites for hydroxylation is 1. The summed E-state index contributed by atoms with van der Waals surface area (Å²) in [6.45, 7) is 4.48. The van der Waals surface area contributed by atoms with Gasteiger partial charge in [0.2, 0.25) is 5.88 Å². The average Bonchev–Trinajstić information content (AvgIpc) is 2.43. The third kappa shape index (κ3) is 3.38. The Balaban J connectivity index is 2.26. The van der Waals surface area contributed by atoms with E-state index in [1.54, 1.807) is 6.20 Å². The highest BCUT2D eigenvalue weighted by Gasteiger charge is 2.08. The molecule has 0 fully saturated rings. The first-order valence-electron chi connectivity index (χ1n) is 6.15. The fourth-order valence-corrected chi connectivity index (χ4v) is 1.86. The molecular formula is C15H16ClNO2. The molecule has 0 aliphatic rings. The molecule has 19 heavy (non-hydrogen) atoms. The number of hydrogen-bond donors (Lipinski definition) is 0. The van der Waals surface area contributed by atoms with E-state index in [4.69, 9.17) is 21.1 Å². The Hall–Kier alpha value is -1.74.